The number of hydrogen-bond donors (Lipinski definition) is 3. The Morgan fingerprint density at radius 2 is 2.04 bits per heavy atom. The number of amides is 2. The summed E-state index contributed by atoms with van der Waals surface area (Å²) in [5.41, 5.74) is 1.95. The molecule has 0 fully saturated rings. The monoisotopic (exact) mass is 430 g/mol. The third-order valence-electron chi connectivity index (χ3n) is 4.11. The van der Waals surface area contributed by atoms with Crippen LogP contribution in [0.5, 0.6) is 5.75 Å². The molecule has 0 aliphatic carbocycles. The molecule has 2 amide bonds. The molecular weight excluding hydrogens is 412 g/mol. The molecular formula is C19H19BrN4O3. The number of carbonyl (C=O) groups excluding carboxylic acids is 2. The van der Waals surface area contributed by atoms with Gasteiger partial charge >= 0.3 is 0 Å². The standard InChI is InChI=1S/C19H19BrN4O3/c1-11(18(25)21-10-12-7-8-16(27-2)14(20)9-12)22-19(26)17-13-5-3-4-6-15(13)23-24-17/h3-9,11H,10H2,1-2H3,(H,21,25)(H,22,26)(H,23,24). The quantitative estimate of drug-likeness (QED) is 0.559. The van der Waals surface area contributed by atoms with Crippen LogP contribution in [0.3, 0.4) is 0 Å². The summed E-state index contributed by atoms with van der Waals surface area (Å²) >= 11 is 3.41. The predicted octanol–water partition coefficient (Wildman–Crippen LogP) is 2.77. The van der Waals surface area contributed by atoms with E-state index in [-0.39, 0.29) is 11.6 Å². The fourth-order valence-corrected chi connectivity index (χ4v) is 3.22. The smallest absolute Gasteiger partial charge is 0.273 e. The number of benzene rings is 2. The lowest BCUT2D eigenvalue weighted by Crippen LogP contribution is -2.44. The molecule has 0 saturated heterocycles. The zero-order chi connectivity index (χ0) is 19.4. The first-order chi connectivity index (χ1) is 13.0. The van der Waals surface area contributed by atoms with Gasteiger partial charge < -0.3 is 15.4 Å². The van der Waals surface area contributed by atoms with E-state index in [1.165, 1.54) is 0 Å². The molecule has 1 aromatic heterocycles. The second-order valence-electron chi connectivity index (χ2n) is 6.00. The van der Waals surface area contributed by atoms with Gasteiger partial charge in [-0.3, -0.25) is 14.7 Å². The lowest BCUT2D eigenvalue weighted by molar-refractivity contribution is -0.122. The van der Waals surface area contributed by atoms with Gasteiger partial charge in [-0.25, -0.2) is 0 Å². The fraction of sp³-hybridized carbons (Fsp3) is 0.211. The van der Waals surface area contributed by atoms with Crippen LogP contribution in [-0.4, -0.2) is 35.2 Å². The second-order valence-corrected chi connectivity index (χ2v) is 6.85. The third-order valence-corrected chi connectivity index (χ3v) is 4.73. The molecule has 1 atom stereocenters. The number of nitrogens with one attached hydrogen (secondary N) is 3. The van der Waals surface area contributed by atoms with Crippen LogP contribution in [0.4, 0.5) is 0 Å². The highest BCUT2D eigenvalue weighted by atomic mass is 79.9. The van der Waals surface area contributed by atoms with Gasteiger partial charge in [0.15, 0.2) is 5.69 Å². The Hall–Kier alpha value is -2.87. The lowest BCUT2D eigenvalue weighted by atomic mass is 10.2. The molecule has 7 nitrogen and oxygen atoms in total. The molecule has 8 heteroatoms. The van der Waals surface area contributed by atoms with E-state index in [2.05, 4.69) is 36.8 Å². The number of aromatic nitrogens is 2. The van der Waals surface area contributed by atoms with E-state index in [1.54, 1.807) is 20.1 Å². The van der Waals surface area contributed by atoms with E-state index in [9.17, 15) is 9.59 Å². The number of ether oxygens (including phenoxy) is 1. The van der Waals surface area contributed by atoms with Gasteiger partial charge in [0.25, 0.3) is 5.91 Å². The number of halogens is 1. The number of methoxy groups -OCH3 is 1. The first-order valence-corrected chi connectivity index (χ1v) is 9.13. The van der Waals surface area contributed by atoms with Gasteiger partial charge in [-0.2, -0.15) is 5.10 Å². The SMILES string of the molecule is COc1ccc(CNC(=O)C(C)NC(=O)c2n[nH]c3ccccc23)cc1Br. The highest BCUT2D eigenvalue weighted by Crippen LogP contribution is 2.25. The molecule has 3 aromatic rings. The number of hydrogen-bond acceptors (Lipinski definition) is 4. The minimum Gasteiger partial charge on any atom is -0.496 e. The Labute approximate surface area is 164 Å². The minimum absolute atomic E-state index is 0.268. The van der Waals surface area contributed by atoms with Gasteiger partial charge in [0, 0.05) is 11.9 Å². The van der Waals surface area contributed by atoms with E-state index in [0.29, 0.717) is 11.9 Å². The van der Waals surface area contributed by atoms with Gasteiger partial charge in [-0.05, 0) is 46.6 Å². The highest BCUT2D eigenvalue weighted by molar-refractivity contribution is 9.10. The zero-order valence-electron chi connectivity index (χ0n) is 14.9. The van der Waals surface area contributed by atoms with Gasteiger partial charge in [0.1, 0.15) is 11.8 Å². The molecule has 27 heavy (non-hydrogen) atoms. The van der Waals surface area contributed by atoms with Crippen molar-refractivity contribution in [1.82, 2.24) is 20.8 Å². The van der Waals surface area contributed by atoms with E-state index < -0.39 is 11.9 Å². The third kappa shape index (κ3) is 4.28. The van der Waals surface area contributed by atoms with Crippen molar-refractivity contribution in [2.24, 2.45) is 0 Å². The van der Waals surface area contributed by atoms with Crippen LogP contribution in [0.1, 0.15) is 23.0 Å². The predicted molar refractivity (Wildman–Crippen MR) is 106 cm³/mol. The first kappa shape index (κ1) is 18.9. The largest absolute Gasteiger partial charge is 0.496 e. The van der Waals surface area contributed by atoms with Gasteiger partial charge in [0.05, 0.1) is 17.1 Å². The van der Waals surface area contributed by atoms with Gasteiger partial charge in [-0.1, -0.05) is 24.3 Å². The molecule has 0 saturated carbocycles. The molecule has 0 bridgehead atoms. The molecule has 3 rings (SSSR count). The van der Waals surface area contributed by atoms with Crippen molar-refractivity contribution in [3.8, 4) is 5.75 Å². The fourth-order valence-electron chi connectivity index (χ4n) is 2.63. The number of para-hydroxylation sites is 1. The Bertz CT molecular complexity index is 986. The Morgan fingerprint density at radius 1 is 1.26 bits per heavy atom. The maximum absolute atomic E-state index is 12.4. The van der Waals surface area contributed by atoms with Gasteiger partial charge in [0.2, 0.25) is 5.91 Å². The van der Waals surface area contributed by atoms with Crippen molar-refractivity contribution >= 4 is 38.6 Å². The van der Waals surface area contributed by atoms with Crippen molar-refractivity contribution < 1.29 is 14.3 Å². The molecule has 0 radical (unpaired) electrons. The summed E-state index contributed by atoms with van der Waals surface area (Å²) < 4.78 is 5.99. The zero-order valence-corrected chi connectivity index (χ0v) is 16.5. The number of carbonyl (C=O) groups is 2. The molecule has 0 aliphatic heterocycles. The summed E-state index contributed by atoms with van der Waals surface area (Å²) in [6, 6.07) is 12.2. The molecule has 1 unspecified atom stereocenters. The van der Waals surface area contributed by atoms with Crippen LogP contribution in [0.2, 0.25) is 0 Å². The Kier molecular flexibility index (Phi) is 5.75. The summed E-state index contributed by atoms with van der Waals surface area (Å²) in [4.78, 5) is 24.7. The Balaban J connectivity index is 1.59. The summed E-state index contributed by atoms with van der Waals surface area (Å²) in [7, 11) is 1.59. The summed E-state index contributed by atoms with van der Waals surface area (Å²) in [5.74, 6) is 0.0364. The highest BCUT2D eigenvalue weighted by Gasteiger charge is 2.20. The number of nitrogens with zero attached hydrogens (tertiary/aromatic N) is 1. The second kappa shape index (κ2) is 8.22. The molecule has 140 valence electrons. The summed E-state index contributed by atoms with van der Waals surface area (Å²) in [5, 5.41) is 13.0. The maximum Gasteiger partial charge on any atom is 0.273 e. The van der Waals surface area contributed by atoms with Gasteiger partial charge in [-0.15, -0.1) is 0 Å². The van der Waals surface area contributed by atoms with Crippen LogP contribution in [0.15, 0.2) is 46.9 Å². The van der Waals surface area contributed by atoms with E-state index >= 15 is 0 Å². The average Bonchev–Trinajstić information content (AvgIpc) is 3.10. The van der Waals surface area contributed by atoms with Crippen LogP contribution in [-0.2, 0) is 11.3 Å². The molecule has 0 spiro atoms. The van der Waals surface area contributed by atoms with E-state index in [0.717, 1.165) is 21.3 Å². The number of H-pyrrole nitrogens is 1. The molecule has 3 N–H and O–H groups in total. The van der Waals surface area contributed by atoms with Crippen molar-refractivity contribution in [2.75, 3.05) is 7.11 Å². The van der Waals surface area contributed by atoms with Crippen molar-refractivity contribution in [2.45, 2.75) is 19.5 Å². The molecule has 2 aromatic carbocycles. The molecule has 0 aliphatic rings. The van der Waals surface area contributed by atoms with Crippen LogP contribution < -0.4 is 15.4 Å². The lowest BCUT2D eigenvalue weighted by Gasteiger charge is -2.14. The normalized spacial score (nSPS) is 11.8. The van der Waals surface area contributed by atoms with Crippen LogP contribution >= 0.6 is 15.9 Å². The first-order valence-electron chi connectivity index (χ1n) is 8.33. The van der Waals surface area contributed by atoms with Crippen LogP contribution in [0, 0.1) is 0 Å². The summed E-state index contributed by atoms with van der Waals surface area (Å²) in [6.07, 6.45) is 0. The minimum atomic E-state index is -0.699. The number of fused-ring (bicyclic) bond motifs is 1. The van der Waals surface area contributed by atoms with Crippen LogP contribution in [0.25, 0.3) is 10.9 Å². The van der Waals surface area contributed by atoms with Crippen molar-refractivity contribution in [1.29, 1.82) is 0 Å². The van der Waals surface area contributed by atoms with E-state index in [4.69, 9.17) is 4.74 Å². The number of aromatic amines is 1. The Morgan fingerprint density at radius 3 is 2.78 bits per heavy atom. The topological polar surface area (TPSA) is 96.1 Å². The number of rotatable bonds is 6. The van der Waals surface area contributed by atoms with E-state index in [1.807, 2.05) is 36.4 Å². The van der Waals surface area contributed by atoms with Crippen molar-refractivity contribution in [3.63, 3.8) is 0 Å². The average molecular weight is 431 g/mol. The van der Waals surface area contributed by atoms with Crippen molar-refractivity contribution in [3.05, 3.63) is 58.2 Å². The maximum atomic E-state index is 12.4. The molecule has 1 heterocycles. The summed E-state index contributed by atoms with van der Waals surface area (Å²) in [6.45, 7) is 1.97.